The van der Waals surface area contributed by atoms with E-state index < -0.39 is 12.0 Å². The maximum Gasteiger partial charge on any atom is 0.320 e. The largest absolute Gasteiger partial charge is 0.489 e. The van der Waals surface area contributed by atoms with Crippen LogP contribution in [0, 0.1) is 5.92 Å². The van der Waals surface area contributed by atoms with Gasteiger partial charge in [-0.15, -0.1) is 0 Å². The van der Waals surface area contributed by atoms with Gasteiger partial charge in [-0.3, -0.25) is 4.79 Å². The highest BCUT2D eigenvalue weighted by Crippen LogP contribution is 2.40. The molecule has 1 saturated heterocycles. The van der Waals surface area contributed by atoms with Crippen LogP contribution in [0.5, 0.6) is 5.75 Å². The van der Waals surface area contributed by atoms with Crippen LogP contribution in [0.15, 0.2) is 54.6 Å². The van der Waals surface area contributed by atoms with Gasteiger partial charge in [0.1, 0.15) is 17.9 Å². The van der Waals surface area contributed by atoms with Gasteiger partial charge in [0, 0.05) is 18.5 Å². The van der Waals surface area contributed by atoms with E-state index >= 15 is 0 Å². The lowest BCUT2D eigenvalue weighted by molar-refractivity contribution is -0.139. The summed E-state index contributed by atoms with van der Waals surface area (Å²) in [6, 6.07) is 18.6. The van der Waals surface area contributed by atoms with Gasteiger partial charge in [-0.2, -0.15) is 0 Å². The monoisotopic (exact) mass is 408 g/mol. The molecule has 160 valence electrons. The Morgan fingerprint density at radius 1 is 1.17 bits per heavy atom. The van der Waals surface area contributed by atoms with E-state index in [0.717, 1.165) is 25.0 Å². The number of hydrogen-bond acceptors (Lipinski definition) is 4. The first kappa shape index (κ1) is 20.9. The lowest BCUT2D eigenvalue weighted by Gasteiger charge is -2.41. The van der Waals surface area contributed by atoms with E-state index in [0.29, 0.717) is 18.9 Å². The smallest absolute Gasteiger partial charge is 0.320 e. The molecule has 0 unspecified atom stereocenters. The first-order valence-electron chi connectivity index (χ1n) is 11.0. The average Bonchev–Trinajstić information content (AvgIpc) is 3.24. The molecule has 0 spiro atoms. The Bertz CT molecular complexity index is 846. The number of benzene rings is 2. The molecule has 4 rings (SSSR count). The van der Waals surface area contributed by atoms with Crippen molar-refractivity contribution in [3.8, 4) is 5.75 Å². The molecule has 0 radical (unpaired) electrons. The van der Waals surface area contributed by atoms with Gasteiger partial charge in [-0.1, -0.05) is 42.5 Å². The minimum Gasteiger partial charge on any atom is -0.489 e. The molecule has 1 heterocycles. The van der Waals surface area contributed by atoms with Crippen molar-refractivity contribution in [2.24, 2.45) is 5.92 Å². The van der Waals surface area contributed by atoms with E-state index in [2.05, 4.69) is 60.1 Å². The third kappa shape index (κ3) is 4.68. The number of hydrogen-bond donors (Lipinski definition) is 3. The predicted octanol–water partition coefficient (Wildman–Crippen LogP) is 3.73. The first-order chi connectivity index (χ1) is 14.6. The fraction of sp³-hybridized carbons (Fsp3) is 0.480. The summed E-state index contributed by atoms with van der Waals surface area (Å²) >= 11 is 0. The highest BCUT2D eigenvalue weighted by molar-refractivity contribution is 5.73. The minimum atomic E-state index is -0.805. The van der Waals surface area contributed by atoms with Crippen LogP contribution < -0.4 is 15.4 Å². The Labute approximate surface area is 178 Å². The van der Waals surface area contributed by atoms with Crippen molar-refractivity contribution in [2.45, 2.75) is 56.2 Å². The Hall–Kier alpha value is -2.37. The van der Waals surface area contributed by atoms with Crippen LogP contribution in [-0.2, 0) is 16.8 Å². The summed E-state index contributed by atoms with van der Waals surface area (Å²) in [6.45, 7) is 0.579. The average molecular weight is 409 g/mol. The fourth-order valence-corrected chi connectivity index (χ4v) is 5.07. The second-order valence-corrected chi connectivity index (χ2v) is 8.77. The summed E-state index contributed by atoms with van der Waals surface area (Å²) in [7, 11) is 2.08. The van der Waals surface area contributed by atoms with Crippen LogP contribution in [0.4, 0.5) is 0 Å². The molecule has 2 fully saturated rings. The lowest BCUT2D eigenvalue weighted by atomic mass is 9.71. The van der Waals surface area contributed by atoms with Gasteiger partial charge in [0.25, 0.3) is 0 Å². The molecule has 1 saturated carbocycles. The number of nitrogens with one attached hydrogen (secondary N) is 2. The first-order valence-corrected chi connectivity index (χ1v) is 11.0. The molecule has 0 bridgehead atoms. The summed E-state index contributed by atoms with van der Waals surface area (Å²) in [4.78, 5) is 11.1. The quantitative estimate of drug-likeness (QED) is 0.651. The Kier molecular flexibility index (Phi) is 6.40. The molecule has 1 aliphatic heterocycles. The van der Waals surface area contributed by atoms with Crippen molar-refractivity contribution in [2.75, 3.05) is 13.6 Å². The number of rotatable bonds is 7. The number of carboxylic acids is 1. The SMILES string of the molecule is CNC1(c2ccccc2)CCC(Cc2cccc(O[C@@H]3CN[C@H](C(=O)O)C3)c2)CC1. The van der Waals surface area contributed by atoms with E-state index in [4.69, 9.17) is 9.84 Å². The molecule has 3 N–H and O–H groups in total. The van der Waals surface area contributed by atoms with Crippen molar-refractivity contribution in [3.63, 3.8) is 0 Å². The highest BCUT2D eigenvalue weighted by Gasteiger charge is 2.35. The van der Waals surface area contributed by atoms with Crippen LogP contribution in [0.3, 0.4) is 0 Å². The van der Waals surface area contributed by atoms with E-state index in [1.165, 1.54) is 24.0 Å². The molecule has 0 aromatic heterocycles. The van der Waals surface area contributed by atoms with Crippen LogP contribution in [0.2, 0.25) is 0 Å². The third-order valence-electron chi connectivity index (χ3n) is 6.88. The van der Waals surface area contributed by atoms with Gasteiger partial charge in [-0.05, 0) is 68.3 Å². The summed E-state index contributed by atoms with van der Waals surface area (Å²) in [5.41, 5.74) is 2.79. The minimum absolute atomic E-state index is 0.0850. The summed E-state index contributed by atoms with van der Waals surface area (Å²) in [5, 5.41) is 15.7. The maximum absolute atomic E-state index is 11.1. The van der Waals surface area contributed by atoms with E-state index in [-0.39, 0.29) is 11.6 Å². The van der Waals surface area contributed by atoms with E-state index in [9.17, 15) is 4.79 Å². The molecule has 2 aromatic carbocycles. The maximum atomic E-state index is 11.1. The Morgan fingerprint density at radius 2 is 1.93 bits per heavy atom. The molecular formula is C25H32N2O3. The van der Waals surface area contributed by atoms with E-state index in [1.54, 1.807) is 0 Å². The summed E-state index contributed by atoms with van der Waals surface area (Å²) in [6.07, 6.45) is 6.19. The number of ether oxygens (including phenoxy) is 1. The molecular weight excluding hydrogens is 376 g/mol. The van der Waals surface area contributed by atoms with Gasteiger partial charge in [0.05, 0.1) is 0 Å². The number of carboxylic acid groups (broad SMARTS) is 1. The molecule has 5 nitrogen and oxygen atoms in total. The predicted molar refractivity (Wildman–Crippen MR) is 118 cm³/mol. The Balaban J connectivity index is 1.33. The molecule has 30 heavy (non-hydrogen) atoms. The zero-order chi connectivity index (χ0) is 21.0. The normalized spacial score (nSPS) is 28.9. The zero-order valence-corrected chi connectivity index (χ0v) is 17.6. The van der Waals surface area contributed by atoms with Crippen molar-refractivity contribution in [1.82, 2.24) is 10.6 Å². The molecule has 1 aliphatic carbocycles. The molecule has 2 aromatic rings. The fourth-order valence-electron chi connectivity index (χ4n) is 5.07. The molecule has 2 aliphatic rings. The highest BCUT2D eigenvalue weighted by atomic mass is 16.5. The topological polar surface area (TPSA) is 70.6 Å². The van der Waals surface area contributed by atoms with Gasteiger partial charge in [0.2, 0.25) is 0 Å². The van der Waals surface area contributed by atoms with Crippen LogP contribution >= 0.6 is 0 Å². The van der Waals surface area contributed by atoms with Crippen molar-refractivity contribution < 1.29 is 14.6 Å². The van der Waals surface area contributed by atoms with Crippen molar-refractivity contribution >= 4 is 5.97 Å². The molecule has 2 atom stereocenters. The molecule has 0 amide bonds. The zero-order valence-electron chi connectivity index (χ0n) is 17.6. The van der Waals surface area contributed by atoms with Crippen LogP contribution in [-0.4, -0.2) is 36.8 Å². The van der Waals surface area contributed by atoms with Crippen LogP contribution in [0.1, 0.15) is 43.2 Å². The van der Waals surface area contributed by atoms with Gasteiger partial charge in [-0.25, -0.2) is 0 Å². The van der Waals surface area contributed by atoms with Gasteiger partial charge in [0.15, 0.2) is 0 Å². The Morgan fingerprint density at radius 3 is 2.60 bits per heavy atom. The summed E-state index contributed by atoms with van der Waals surface area (Å²) in [5.74, 6) is 0.713. The number of carbonyl (C=O) groups is 1. The molecule has 5 heteroatoms. The third-order valence-corrected chi connectivity index (χ3v) is 6.88. The second kappa shape index (κ2) is 9.19. The van der Waals surface area contributed by atoms with Crippen LogP contribution in [0.25, 0.3) is 0 Å². The van der Waals surface area contributed by atoms with Gasteiger partial charge < -0.3 is 20.5 Å². The van der Waals surface area contributed by atoms with Crippen molar-refractivity contribution in [1.29, 1.82) is 0 Å². The van der Waals surface area contributed by atoms with E-state index in [1.807, 2.05) is 12.1 Å². The van der Waals surface area contributed by atoms with Gasteiger partial charge >= 0.3 is 5.97 Å². The second-order valence-electron chi connectivity index (χ2n) is 8.77. The summed E-state index contributed by atoms with van der Waals surface area (Å²) < 4.78 is 6.06. The lowest BCUT2D eigenvalue weighted by Crippen LogP contribution is -2.43. The van der Waals surface area contributed by atoms with Crippen molar-refractivity contribution in [3.05, 3.63) is 65.7 Å². The number of aliphatic carboxylic acids is 1. The standard InChI is InChI=1S/C25H32N2O3/c1-26-25(20-7-3-2-4-8-20)12-10-18(11-13-25)14-19-6-5-9-21(15-19)30-22-16-23(24(28)29)27-17-22/h2-9,15,18,22-23,26-27H,10-14,16-17H2,1H3,(H,28,29)/t18?,22-,23-,25?/m0/s1.